The number of carbonyl (C=O) groups excluding carboxylic acids is 2. The van der Waals surface area contributed by atoms with Gasteiger partial charge in [0.15, 0.2) is 5.96 Å². The van der Waals surface area contributed by atoms with Gasteiger partial charge in [-0.3, -0.25) is 14.6 Å². The van der Waals surface area contributed by atoms with E-state index in [1.54, 1.807) is 36.2 Å². The lowest BCUT2D eigenvalue weighted by molar-refractivity contribution is 0.0953. The highest BCUT2D eigenvalue weighted by Crippen LogP contribution is 2.31. The summed E-state index contributed by atoms with van der Waals surface area (Å²) in [4.78, 5) is 31.1. The first-order chi connectivity index (χ1) is 15.2. The van der Waals surface area contributed by atoms with Crippen LogP contribution in [0.5, 0.6) is 0 Å². The number of rotatable bonds is 6. The molecule has 2 aromatic rings. The predicted molar refractivity (Wildman–Crippen MR) is 143 cm³/mol. The Bertz CT molecular complexity index is 998. The molecule has 5 N–H and O–H groups in total. The van der Waals surface area contributed by atoms with Crippen molar-refractivity contribution in [1.82, 2.24) is 5.32 Å². The van der Waals surface area contributed by atoms with E-state index in [1.165, 1.54) is 0 Å². The molecule has 0 radical (unpaired) electrons. The van der Waals surface area contributed by atoms with E-state index in [0.717, 1.165) is 11.1 Å². The summed E-state index contributed by atoms with van der Waals surface area (Å²) < 4.78 is 0. The molecule has 0 aliphatic carbocycles. The Hall–Kier alpha value is -3.06. The van der Waals surface area contributed by atoms with E-state index in [1.807, 2.05) is 12.1 Å². The van der Waals surface area contributed by atoms with Gasteiger partial charge in [-0.25, -0.2) is 0 Å². The van der Waals surface area contributed by atoms with Crippen LogP contribution in [0.4, 0.5) is 5.69 Å². The first-order valence-electron chi connectivity index (χ1n) is 11.1. The average molecular weight is 488 g/mol. The standard InChI is InChI=1S/C26H37N5O2.ClH/c1-25(2,3)19-14-18(15-20(16-19)26(4,5)6)23(33)31(7)21-10-8-17(9-11-21)22(32)29-12-13-30-24(27)28;/h8-11,14-16H,12-13H2,1-7H3,(H,29,32)(H4,27,28,30);1H. The zero-order valence-corrected chi connectivity index (χ0v) is 22.0. The van der Waals surface area contributed by atoms with Crippen molar-refractivity contribution in [1.29, 1.82) is 0 Å². The highest BCUT2D eigenvalue weighted by molar-refractivity contribution is 6.06. The zero-order valence-electron chi connectivity index (χ0n) is 21.2. The summed E-state index contributed by atoms with van der Waals surface area (Å²) in [6, 6.07) is 13.1. The Kier molecular flexibility index (Phi) is 9.70. The van der Waals surface area contributed by atoms with Crippen molar-refractivity contribution in [3.63, 3.8) is 0 Å². The van der Waals surface area contributed by atoms with Crippen molar-refractivity contribution in [2.45, 2.75) is 52.4 Å². The third kappa shape index (κ3) is 7.76. The molecule has 8 heteroatoms. The molecule has 7 nitrogen and oxygen atoms in total. The smallest absolute Gasteiger partial charge is 0.258 e. The van der Waals surface area contributed by atoms with Gasteiger partial charge < -0.3 is 21.7 Å². The van der Waals surface area contributed by atoms with Crippen LogP contribution in [0.3, 0.4) is 0 Å². The lowest BCUT2D eigenvalue weighted by Crippen LogP contribution is -2.29. The van der Waals surface area contributed by atoms with Gasteiger partial charge >= 0.3 is 0 Å². The molecule has 2 aromatic carbocycles. The number of hydrogen-bond donors (Lipinski definition) is 3. The summed E-state index contributed by atoms with van der Waals surface area (Å²) in [6.07, 6.45) is 0. The van der Waals surface area contributed by atoms with E-state index in [0.29, 0.717) is 29.9 Å². The van der Waals surface area contributed by atoms with Crippen LogP contribution in [-0.2, 0) is 10.8 Å². The quantitative estimate of drug-likeness (QED) is 0.324. The minimum atomic E-state index is -0.228. The second-order valence-electron chi connectivity index (χ2n) is 10.3. The van der Waals surface area contributed by atoms with E-state index in [9.17, 15) is 9.59 Å². The topological polar surface area (TPSA) is 114 Å². The first-order valence-corrected chi connectivity index (χ1v) is 11.1. The van der Waals surface area contributed by atoms with Gasteiger partial charge in [-0.2, -0.15) is 0 Å². The molecule has 0 fully saturated rings. The zero-order chi connectivity index (χ0) is 25.0. The number of amides is 2. The van der Waals surface area contributed by atoms with Gasteiger partial charge in [-0.1, -0.05) is 47.6 Å². The van der Waals surface area contributed by atoms with Crippen LogP contribution >= 0.6 is 12.4 Å². The van der Waals surface area contributed by atoms with Crippen molar-refractivity contribution >= 4 is 35.9 Å². The fourth-order valence-electron chi connectivity index (χ4n) is 3.22. The lowest BCUT2D eigenvalue weighted by atomic mass is 9.79. The molecule has 0 atom stereocenters. The number of hydrogen-bond acceptors (Lipinski definition) is 3. The van der Waals surface area contributed by atoms with Crippen LogP contribution in [0.15, 0.2) is 47.5 Å². The van der Waals surface area contributed by atoms with Crippen molar-refractivity contribution in [2.75, 3.05) is 25.0 Å². The van der Waals surface area contributed by atoms with Crippen LogP contribution in [0.1, 0.15) is 73.4 Å². The van der Waals surface area contributed by atoms with Crippen LogP contribution in [-0.4, -0.2) is 37.9 Å². The molecule has 0 aliphatic rings. The first kappa shape index (κ1) is 29.0. The predicted octanol–water partition coefficient (Wildman–Crippen LogP) is 3.98. The maximum Gasteiger partial charge on any atom is 0.258 e. The Balaban J connectivity index is 0.00000578. The van der Waals surface area contributed by atoms with Gasteiger partial charge in [0.25, 0.3) is 11.8 Å². The summed E-state index contributed by atoms with van der Waals surface area (Å²) in [7, 11) is 1.74. The number of carbonyl (C=O) groups is 2. The molecular formula is C26H38ClN5O2. The second-order valence-corrected chi connectivity index (χ2v) is 10.3. The molecule has 0 aromatic heterocycles. The number of aliphatic imine (C=N–C) groups is 1. The number of nitrogens with two attached hydrogens (primary N) is 2. The molecule has 34 heavy (non-hydrogen) atoms. The Morgan fingerprint density at radius 2 is 1.38 bits per heavy atom. The fourth-order valence-corrected chi connectivity index (χ4v) is 3.22. The molecule has 0 unspecified atom stereocenters. The summed E-state index contributed by atoms with van der Waals surface area (Å²) >= 11 is 0. The maximum atomic E-state index is 13.4. The molecule has 2 amide bonds. The van der Waals surface area contributed by atoms with Gasteiger partial charge in [0, 0.05) is 30.4 Å². The van der Waals surface area contributed by atoms with Crippen molar-refractivity contribution in [3.8, 4) is 0 Å². The number of nitrogens with zero attached hydrogens (tertiary/aromatic N) is 2. The maximum absolute atomic E-state index is 13.4. The van der Waals surface area contributed by atoms with Crippen molar-refractivity contribution in [3.05, 3.63) is 64.7 Å². The Morgan fingerprint density at radius 1 is 0.882 bits per heavy atom. The molecule has 0 aliphatic heterocycles. The van der Waals surface area contributed by atoms with Gasteiger partial charge in [-0.05, 0) is 58.4 Å². The fraction of sp³-hybridized carbons (Fsp3) is 0.423. The summed E-state index contributed by atoms with van der Waals surface area (Å²) in [6.45, 7) is 13.5. The van der Waals surface area contributed by atoms with Gasteiger partial charge in [0.2, 0.25) is 0 Å². The minimum absolute atomic E-state index is 0. The monoisotopic (exact) mass is 487 g/mol. The summed E-state index contributed by atoms with van der Waals surface area (Å²) in [5.74, 6) is -0.334. The third-order valence-corrected chi connectivity index (χ3v) is 5.43. The summed E-state index contributed by atoms with van der Waals surface area (Å²) in [5.41, 5.74) is 14.5. The number of guanidine groups is 1. The molecule has 2 rings (SSSR count). The summed E-state index contributed by atoms with van der Waals surface area (Å²) in [5, 5.41) is 2.75. The van der Waals surface area contributed by atoms with Crippen LogP contribution in [0.25, 0.3) is 0 Å². The number of halogens is 1. The van der Waals surface area contributed by atoms with E-state index >= 15 is 0 Å². The number of benzene rings is 2. The van der Waals surface area contributed by atoms with Crippen molar-refractivity contribution < 1.29 is 9.59 Å². The molecular weight excluding hydrogens is 450 g/mol. The van der Waals surface area contributed by atoms with Gasteiger partial charge in [0.05, 0.1) is 6.54 Å². The molecule has 186 valence electrons. The van der Waals surface area contributed by atoms with E-state index in [-0.39, 0.29) is 41.0 Å². The molecule has 0 spiro atoms. The highest BCUT2D eigenvalue weighted by atomic mass is 35.5. The van der Waals surface area contributed by atoms with Crippen LogP contribution < -0.4 is 21.7 Å². The minimum Gasteiger partial charge on any atom is -0.370 e. The van der Waals surface area contributed by atoms with E-state index < -0.39 is 0 Å². The Labute approximate surface area is 209 Å². The molecule has 0 bridgehead atoms. The van der Waals surface area contributed by atoms with E-state index in [4.69, 9.17) is 11.5 Å². The average Bonchev–Trinajstić information content (AvgIpc) is 2.74. The SMILES string of the molecule is CN(C(=O)c1cc(C(C)(C)C)cc(C(C)(C)C)c1)c1ccc(C(=O)NCCN=C(N)N)cc1.Cl. The Morgan fingerprint density at radius 3 is 1.82 bits per heavy atom. The second kappa shape index (κ2) is 11.4. The van der Waals surface area contributed by atoms with Crippen molar-refractivity contribution in [2.24, 2.45) is 16.5 Å². The van der Waals surface area contributed by atoms with Crippen LogP contribution in [0.2, 0.25) is 0 Å². The van der Waals surface area contributed by atoms with Gasteiger partial charge in [-0.15, -0.1) is 12.4 Å². The normalized spacial score (nSPS) is 11.3. The van der Waals surface area contributed by atoms with E-state index in [2.05, 4.69) is 57.9 Å². The number of nitrogens with one attached hydrogen (secondary N) is 1. The molecule has 0 heterocycles. The molecule has 0 saturated carbocycles. The largest absolute Gasteiger partial charge is 0.370 e. The lowest BCUT2D eigenvalue weighted by Gasteiger charge is -2.27. The van der Waals surface area contributed by atoms with Gasteiger partial charge in [0.1, 0.15) is 0 Å². The molecule has 0 saturated heterocycles. The third-order valence-electron chi connectivity index (χ3n) is 5.43. The highest BCUT2D eigenvalue weighted by Gasteiger charge is 2.24. The number of anilines is 1. The van der Waals surface area contributed by atoms with Crippen LogP contribution in [0, 0.1) is 0 Å².